The first-order valence-electron chi connectivity index (χ1n) is 6.36. The lowest BCUT2D eigenvalue weighted by molar-refractivity contribution is -0.355. The molecular formula is C15H5F6NO2. The third-order valence-electron chi connectivity index (χ3n) is 3.46. The summed E-state index contributed by atoms with van der Waals surface area (Å²) in [6.45, 7) is 0. The average molecular weight is 345 g/mol. The zero-order valence-corrected chi connectivity index (χ0v) is 11.4. The lowest BCUT2D eigenvalue weighted by atomic mass is 10.0. The Morgan fingerprint density at radius 3 is 2.08 bits per heavy atom. The zero-order chi connectivity index (χ0) is 17.8. The molecule has 2 aromatic carbocycles. The highest BCUT2D eigenvalue weighted by molar-refractivity contribution is 6.52. The molecule has 0 N–H and O–H groups in total. The molecule has 124 valence electrons. The minimum Gasteiger partial charge on any atom is -0.618 e. The Labute approximate surface area is 130 Å². The number of fused-ring (bicyclic) bond motifs is 1. The first-order chi connectivity index (χ1) is 11.1. The van der Waals surface area contributed by atoms with Gasteiger partial charge in [0, 0.05) is 6.07 Å². The highest BCUT2D eigenvalue weighted by atomic mass is 19.4. The van der Waals surface area contributed by atoms with Crippen LogP contribution in [0, 0.1) is 22.7 Å². The van der Waals surface area contributed by atoms with Gasteiger partial charge < -0.3 is 5.21 Å². The van der Waals surface area contributed by atoms with Gasteiger partial charge in [0.25, 0.3) is 11.5 Å². The third kappa shape index (κ3) is 2.32. The molecule has 0 aliphatic carbocycles. The van der Waals surface area contributed by atoms with Gasteiger partial charge in [-0.3, -0.25) is 4.79 Å². The molecule has 1 heterocycles. The summed E-state index contributed by atoms with van der Waals surface area (Å²) in [5, 5.41) is 12.1. The molecule has 0 atom stereocenters. The first-order valence-corrected chi connectivity index (χ1v) is 6.36. The Hall–Kier alpha value is -2.84. The van der Waals surface area contributed by atoms with E-state index < -0.39 is 57.5 Å². The van der Waals surface area contributed by atoms with Crippen LogP contribution in [0.2, 0.25) is 0 Å². The summed E-state index contributed by atoms with van der Waals surface area (Å²) in [7, 11) is 0. The number of benzene rings is 2. The van der Waals surface area contributed by atoms with Crippen molar-refractivity contribution >= 4 is 17.2 Å². The summed E-state index contributed by atoms with van der Waals surface area (Å²) in [4.78, 5) is 12.2. The van der Waals surface area contributed by atoms with Crippen molar-refractivity contribution in [3.8, 4) is 0 Å². The number of halogens is 6. The van der Waals surface area contributed by atoms with Gasteiger partial charge in [0.15, 0.2) is 17.5 Å². The molecule has 0 spiro atoms. The van der Waals surface area contributed by atoms with Crippen LogP contribution in [-0.4, -0.2) is 16.2 Å². The fourth-order valence-electron chi connectivity index (χ4n) is 2.35. The quantitative estimate of drug-likeness (QED) is 0.340. The summed E-state index contributed by atoms with van der Waals surface area (Å²) >= 11 is 0. The monoisotopic (exact) mass is 345 g/mol. The van der Waals surface area contributed by atoms with Crippen LogP contribution in [0.1, 0.15) is 21.5 Å². The Kier molecular flexibility index (Phi) is 3.40. The standard InChI is InChI=1S/C15H5F6NO2/c16-9-3-6(4-10(17)12(9)18)13-14(23)8-5-7(15(19,20)21)1-2-11(8)22(13)24/h1-5H. The van der Waals surface area contributed by atoms with Crippen LogP contribution in [0.4, 0.5) is 32.0 Å². The van der Waals surface area contributed by atoms with E-state index in [-0.39, 0.29) is 4.74 Å². The second-order valence-electron chi connectivity index (χ2n) is 4.96. The van der Waals surface area contributed by atoms with Crippen molar-refractivity contribution in [2.24, 2.45) is 0 Å². The molecular weight excluding hydrogens is 340 g/mol. The fourth-order valence-corrected chi connectivity index (χ4v) is 2.35. The number of hydrogen-bond acceptors (Lipinski definition) is 2. The van der Waals surface area contributed by atoms with Crippen LogP contribution >= 0.6 is 0 Å². The zero-order valence-electron chi connectivity index (χ0n) is 11.4. The molecule has 9 heteroatoms. The molecule has 0 unspecified atom stereocenters. The highest BCUT2D eigenvalue weighted by Crippen LogP contribution is 2.35. The minimum atomic E-state index is -4.74. The smallest absolute Gasteiger partial charge is 0.416 e. The van der Waals surface area contributed by atoms with Gasteiger partial charge >= 0.3 is 6.18 Å². The van der Waals surface area contributed by atoms with Crippen LogP contribution in [0.3, 0.4) is 0 Å². The summed E-state index contributed by atoms with van der Waals surface area (Å²) < 4.78 is 77.6. The number of hydrogen-bond donors (Lipinski definition) is 0. The van der Waals surface area contributed by atoms with Crippen molar-refractivity contribution in [1.29, 1.82) is 0 Å². The number of nitrogens with zero attached hydrogens (tertiary/aromatic N) is 1. The molecule has 3 rings (SSSR count). The van der Waals surface area contributed by atoms with E-state index in [1.54, 1.807) is 0 Å². The number of rotatable bonds is 1. The molecule has 0 saturated carbocycles. The van der Waals surface area contributed by atoms with Gasteiger partial charge in [-0.1, -0.05) is 0 Å². The highest BCUT2D eigenvalue weighted by Gasteiger charge is 2.40. The van der Waals surface area contributed by atoms with E-state index in [1.165, 1.54) is 0 Å². The molecule has 0 saturated heterocycles. The fraction of sp³-hybridized carbons (Fsp3) is 0.0667. The van der Waals surface area contributed by atoms with Gasteiger partial charge in [-0.2, -0.15) is 17.9 Å². The number of alkyl halides is 3. The van der Waals surface area contributed by atoms with Crippen LogP contribution in [-0.2, 0) is 6.18 Å². The van der Waals surface area contributed by atoms with Crippen LogP contribution in [0.15, 0.2) is 30.3 Å². The van der Waals surface area contributed by atoms with E-state index in [1.807, 2.05) is 0 Å². The summed E-state index contributed by atoms with van der Waals surface area (Å²) in [5.74, 6) is -6.20. The van der Waals surface area contributed by atoms with Crippen LogP contribution in [0.5, 0.6) is 0 Å². The minimum absolute atomic E-state index is 0.0378. The van der Waals surface area contributed by atoms with E-state index in [2.05, 4.69) is 0 Å². The maximum atomic E-state index is 13.3. The molecule has 24 heavy (non-hydrogen) atoms. The van der Waals surface area contributed by atoms with Crippen LogP contribution < -0.4 is 0 Å². The number of ketones is 1. The van der Waals surface area contributed by atoms with Crippen molar-refractivity contribution in [2.75, 3.05) is 0 Å². The number of carbonyl (C=O) groups excluding carboxylic acids is 1. The normalized spacial score (nSPS) is 14.3. The molecule has 1 aliphatic heterocycles. The maximum Gasteiger partial charge on any atom is 0.416 e. The molecule has 0 radical (unpaired) electrons. The topological polar surface area (TPSA) is 43.1 Å². The van der Waals surface area contributed by atoms with Crippen molar-refractivity contribution in [3.63, 3.8) is 0 Å². The van der Waals surface area contributed by atoms with Gasteiger partial charge in [0.1, 0.15) is 5.56 Å². The van der Waals surface area contributed by atoms with Crippen molar-refractivity contribution in [2.45, 2.75) is 6.18 Å². The second-order valence-corrected chi connectivity index (χ2v) is 4.96. The van der Waals surface area contributed by atoms with E-state index in [9.17, 15) is 36.3 Å². The van der Waals surface area contributed by atoms with Crippen molar-refractivity contribution < 1.29 is 35.9 Å². The van der Waals surface area contributed by atoms with Gasteiger partial charge in [-0.25, -0.2) is 13.2 Å². The van der Waals surface area contributed by atoms with Gasteiger partial charge in [0.05, 0.1) is 11.1 Å². The lowest BCUT2D eigenvalue weighted by Crippen LogP contribution is -2.17. The summed E-state index contributed by atoms with van der Waals surface area (Å²) in [6.07, 6.45) is -4.74. The van der Waals surface area contributed by atoms with E-state index >= 15 is 0 Å². The first kappa shape index (κ1) is 16.0. The van der Waals surface area contributed by atoms with Gasteiger partial charge in [-0.05, 0) is 24.3 Å². The molecule has 0 bridgehead atoms. The number of Topliss-reactive ketones (excluding diaryl/α,β-unsaturated/α-hetero) is 1. The summed E-state index contributed by atoms with van der Waals surface area (Å²) in [5.41, 5.74) is -3.47. The molecule has 3 nitrogen and oxygen atoms in total. The molecule has 0 amide bonds. The van der Waals surface area contributed by atoms with Crippen LogP contribution in [0.25, 0.3) is 0 Å². The average Bonchev–Trinajstić information content (AvgIpc) is 2.75. The van der Waals surface area contributed by atoms with E-state index in [0.29, 0.717) is 24.3 Å². The Bertz CT molecular complexity index is 894. The molecule has 0 aromatic heterocycles. The van der Waals surface area contributed by atoms with E-state index in [4.69, 9.17) is 0 Å². The molecule has 1 aliphatic rings. The predicted octanol–water partition coefficient (Wildman–Crippen LogP) is 3.95. The van der Waals surface area contributed by atoms with E-state index in [0.717, 1.165) is 6.07 Å². The SMILES string of the molecule is O=C1C(c2cc(F)c(F)c(F)c2)=[N+]([O-])c2ccc(C(F)(F)F)cc21. The Morgan fingerprint density at radius 2 is 1.54 bits per heavy atom. The number of carbonyl (C=O) groups is 1. The van der Waals surface area contributed by atoms with Crippen molar-refractivity contribution in [3.05, 3.63) is 69.7 Å². The lowest BCUT2D eigenvalue weighted by Gasteiger charge is -2.06. The molecule has 2 aromatic rings. The largest absolute Gasteiger partial charge is 0.618 e. The molecule has 0 fully saturated rings. The Balaban J connectivity index is 2.16. The maximum absolute atomic E-state index is 13.3. The second kappa shape index (κ2) is 5.08. The van der Waals surface area contributed by atoms with Gasteiger partial charge in [0.2, 0.25) is 5.69 Å². The predicted molar refractivity (Wildman–Crippen MR) is 69.5 cm³/mol. The van der Waals surface area contributed by atoms with Gasteiger partial charge in [-0.15, -0.1) is 0 Å². The Morgan fingerprint density at radius 1 is 0.958 bits per heavy atom. The third-order valence-corrected chi connectivity index (χ3v) is 3.46. The van der Waals surface area contributed by atoms with Crippen molar-refractivity contribution in [1.82, 2.24) is 0 Å². The summed E-state index contributed by atoms with van der Waals surface area (Å²) in [6, 6.07) is 2.71.